The summed E-state index contributed by atoms with van der Waals surface area (Å²) in [6.45, 7) is 6.25. The van der Waals surface area contributed by atoms with Gasteiger partial charge in [-0.25, -0.2) is 13.2 Å². The number of rotatable bonds is 0. The summed E-state index contributed by atoms with van der Waals surface area (Å²) in [7, 11) is 0. The zero-order valence-electron chi connectivity index (χ0n) is 27.1. The van der Waals surface area contributed by atoms with Crippen LogP contribution in [0.2, 0.25) is 0 Å². The number of ether oxygens (including phenoxy) is 4. The van der Waals surface area contributed by atoms with Crippen LogP contribution in [0.15, 0.2) is 91.0 Å². The lowest BCUT2D eigenvalue weighted by atomic mass is 10.0. The van der Waals surface area contributed by atoms with Crippen molar-refractivity contribution in [1.29, 1.82) is 0 Å². The maximum Gasteiger partial charge on any atom is 0.146 e. The molecule has 1 aliphatic carbocycles. The lowest BCUT2D eigenvalue weighted by Gasteiger charge is -2.09. The van der Waals surface area contributed by atoms with E-state index in [9.17, 15) is 13.2 Å². The molecular formula is C38H55F3O4. The largest absolute Gasteiger partial charge is 0.381 e. The van der Waals surface area contributed by atoms with Crippen molar-refractivity contribution in [2.24, 2.45) is 0 Å². The van der Waals surface area contributed by atoms with E-state index in [1.807, 2.05) is 36.4 Å². The van der Waals surface area contributed by atoms with Gasteiger partial charge in [-0.15, -0.1) is 0 Å². The van der Waals surface area contributed by atoms with Crippen LogP contribution >= 0.6 is 0 Å². The van der Waals surface area contributed by atoms with Crippen LogP contribution < -0.4 is 0 Å². The van der Waals surface area contributed by atoms with Gasteiger partial charge >= 0.3 is 0 Å². The van der Waals surface area contributed by atoms with Gasteiger partial charge in [0.1, 0.15) is 24.2 Å². The van der Waals surface area contributed by atoms with Crippen LogP contribution in [0.4, 0.5) is 13.2 Å². The van der Waals surface area contributed by atoms with Crippen molar-refractivity contribution in [2.45, 2.75) is 83.5 Å². The summed E-state index contributed by atoms with van der Waals surface area (Å²) in [6, 6.07) is 24.5. The van der Waals surface area contributed by atoms with E-state index in [0.717, 1.165) is 52.1 Å². The van der Waals surface area contributed by atoms with Crippen LogP contribution in [0.3, 0.4) is 0 Å². The Morgan fingerprint density at radius 3 is 0.800 bits per heavy atom. The first-order valence-electron chi connectivity index (χ1n) is 16.6. The third-order valence-electron chi connectivity index (χ3n) is 6.59. The van der Waals surface area contributed by atoms with Crippen molar-refractivity contribution < 1.29 is 32.1 Å². The average molecular weight is 633 g/mol. The molecule has 4 aliphatic rings. The Morgan fingerprint density at radius 1 is 0.311 bits per heavy atom. The van der Waals surface area contributed by atoms with E-state index < -0.39 is 11.6 Å². The smallest absolute Gasteiger partial charge is 0.146 e. The summed E-state index contributed by atoms with van der Waals surface area (Å²) < 4.78 is 55.6. The first-order chi connectivity index (χ1) is 22.2. The molecule has 0 amide bonds. The summed E-state index contributed by atoms with van der Waals surface area (Å²) in [5, 5.41) is 0. The molecule has 252 valence electrons. The Labute approximate surface area is 270 Å². The third-order valence-corrected chi connectivity index (χ3v) is 6.59. The molecule has 0 aromatic heterocycles. The van der Waals surface area contributed by atoms with Crippen LogP contribution in [-0.2, 0) is 18.9 Å². The number of hydrogen-bond donors (Lipinski definition) is 0. The normalized spacial score (nSPS) is 16.9. The van der Waals surface area contributed by atoms with E-state index in [4.69, 9.17) is 18.9 Å². The van der Waals surface area contributed by atoms with Crippen LogP contribution in [0.25, 0.3) is 0 Å². The maximum absolute atomic E-state index is 11.9. The van der Waals surface area contributed by atoms with Gasteiger partial charge in [-0.05, 0) is 69.2 Å². The van der Waals surface area contributed by atoms with E-state index >= 15 is 0 Å². The first kappa shape index (κ1) is 40.3. The molecule has 3 heterocycles. The number of benzene rings is 3. The fraction of sp³-hybridized carbons (Fsp3) is 0.526. The molecule has 3 saturated heterocycles. The predicted octanol–water partition coefficient (Wildman–Crippen LogP) is 10.6. The zero-order valence-corrected chi connectivity index (χ0v) is 27.1. The van der Waals surface area contributed by atoms with Gasteiger partial charge in [-0.1, -0.05) is 99.2 Å². The Bertz CT molecular complexity index is 825. The molecule has 1 saturated carbocycles. The molecule has 0 spiro atoms. The molecule has 45 heavy (non-hydrogen) atoms. The van der Waals surface area contributed by atoms with Crippen molar-refractivity contribution in [1.82, 2.24) is 0 Å². The third kappa shape index (κ3) is 31.1. The van der Waals surface area contributed by atoms with Crippen LogP contribution in [-0.4, -0.2) is 46.4 Å². The van der Waals surface area contributed by atoms with E-state index in [2.05, 4.69) is 0 Å². The van der Waals surface area contributed by atoms with E-state index in [-0.39, 0.29) is 5.82 Å². The second-order valence-electron chi connectivity index (χ2n) is 10.6. The summed E-state index contributed by atoms with van der Waals surface area (Å²) in [5.74, 6) is -1.25. The Hall–Kier alpha value is -2.71. The molecule has 0 atom stereocenters. The van der Waals surface area contributed by atoms with Crippen molar-refractivity contribution in [3.63, 3.8) is 0 Å². The predicted molar refractivity (Wildman–Crippen MR) is 178 cm³/mol. The molecule has 0 N–H and O–H groups in total. The zero-order chi connectivity index (χ0) is 32.3. The minimum atomic E-state index is -0.537. The average Bonchev–Trinajstić information content (AvgIpc) is 3.14. The molecule has 0 bridgehead atoms. The Balaban J connectivity index is 0.000000263. The van der Waals surface area contributed by atoms with Crippen LogP contribution in [0, 0.1) is 17.5 Å². The molecule has 7 rings (SSSR count). The molecule has 4 fully saturated rings. The van der Waals surface area contributed by atoms with Gasteiger partial charge in [0, 0.05) is 32.5 Å². The molecule has 3 aromatic carbocycles. The van der Waals surface area contributed by atoms with E-state index in [1.165, 1.54) is 107 Å². The van der Waals surface area contributed by atoms with Gasteiger partial charge in [0.15, 0.2) is 0 Å². The van der Waals surface area contributed by atoms with Gasteiger partial charge in [0.25, 0.3) is 0 Å². The Morgan fingerprint density at radius 2 is 0.622 bits per heavy atom. The molecule has 4 nitrogen and oxygen atoms in total. The number of halogens is 3. The van der Waals surface area contributed by atoms with Crippen molar-refractivity contribution in [3.8, 4) is 0 Å². The lowest BCUT2D eigenvalue weighted by molar-refractivity contribution is -0.0963. The van der Waals surface area contributed by atoms with Gasteiger partial charge in [-0.3, -0.25) is 0 Å². The quantitative estimate of drug-likeness (QED) is 0.247. The fourth-order valence-electron chi connectivity index (χ4n) is 4.13. The topological polar surface area (TPSA) is 36.9 Å². The van der Waals surface area contributed by atoms with Gasteiger partial charge in [0.2, 0.25) is 0 Å². The first-order valence-corrected chi connectivity index (χ1v) is 16.6. The molecule has 0 radical (unpaired) electrons. The standard InChI is InChI=1S/C6H4F2.C6H5F.C6H12.C6H6.2C5H10O.C4H8O2/c7-5-2-1-3-6(8)4-5;7-6-4-2-1-3-5-6;4*1-2-4-6-5-3-1;1-2-5-4-6-3-1/h1-4H;1-5H;1-6H2;1-6H;2*1-5H2;1-4H2. The summed E-state index contributed by atoms with van der Waals surface area (Å²) >= 11 is 0. The minimum absolute atomic E-state index is 0.178. The fourth-order valence-corrected chi connectivity index (χ4v) is 4.13. The molecular weight excluding hydrogens is 577 g/mol. The molecule has 3 aliphatic heterocycles. The highest BCUT2D eigenvalue weighted by atomic mass is 19.1. The minimum Gasteiger partial charge on any atom is -0.381 e. The Kier molecular flexibility index (Phi) is 29.3. The highest BCUT2D eigenvalue weighted by molar-refractivity contribution is 5.05. The van der Waals surface area contributed by atoms with Gasteiger partial charge in [-0.2, -0.15) is 0 Å². The summed E-state index contributed by atoms with van der Waals surface area (Å²) in [5.41, 5.74) is 0. The highest BCUT2D eigenvalue weighted by Gasteiger charge is 1.97. The maximum atomic E-state index is 11.9. The van der Waals surface area contributed by atoms with Crippen LogP contribution in [0.1, 0.15) is 83.5 Å². The lowest BCUT2D eigenvalue weighted by Crippen LogP contribution is -2.11. The molecule has 7 heteroatoms. The van der Waals surface area contributed by atoms with Crippen molar-refractivity contribution >= 4 is 0 Å². The van der Waals surface area contributed by atoms with E-state index in [1.54, 1.807) is 18.2 Å². The van der Waals surface area contributed by atoms with Gasteiger partial charge in [0.05, 0.1) is 13.2 Å². The van der Waals surface area contributed by atoms with E-state index in [0.29, 0.717) is 6.79 Å². The second kappa shape index (κ2) is 32.7. The molecule has 0 unspecified atom stereocenters. The van der Waals surface area contributed by atoms with Crippen LogP contribution in [0.5, 0.6) is 0 Å². The number of hydrogen-bond acceptors (Lipinski definition) is 4. The van der Waals surface area contributed by atoms with Crippen molar-refractivity contribution in [2.75, 3.05) is 46.4 Å². The van der Waals surface area contributed by atoms with Crippen molar-refractivity contribution in [3.05, 3.63) is 108 Å². The summed E-state index contributed by atoms with van der Waals surface area (Å²) in [4.78, 5) is 0. The second-order valence-corrected chi connectivity index (χ2v) is 10.6. The SMILES string of the molecule is C1CCCCC1.C1CCOCC1.C1CCOCC1.C1COCOC1.Fc1cccc(F)c1.Fc1ccccc1.c1ccccc1. The van der Waals surface area contributed by atoms with Gasteiger partial charge < -0.3 is 18.9 Å². The highest BCUT2D eigenvalue weighted by Crippen LogP contribution is 2.15. The monoisotopic (exact) mass is 632 g/mol. The molecule has 3 aromatic rings. The summed E-state index contributed by atoms with van der Waals surface area (Å²) in [6.07, 6.45) is 17.9.